The summed E-state index contributed by atoms with van der Waals surface area (Å²) in [6, 6.07) is 8.88. The van der Waals surface area contributed by atoms with Gasteiger partial charge in [-0.2, -0.15) is 0 Å². The molecule has 1 heterocycles. The summed E-state index contributed by atoms with van der Waals surface area (Å²) in [4.78, 5) is 2.42. The smallest absolute Gasteiger partial charge is 0.0579 e. The molecule has 1 unspecified atom stereocenters. The SMILES string of the molecule is CC(C)c1ccc(N2CCC(O)CC2(C)C)cc1. The number of aliphatic hydroxyl groups excluding tert-OH is 1. The molecule has 0 amide bonds. The molecule has 0 saturated carbocycles. The monoisotopic (exact) mass is 247 g/mol. The molecule has 1 atom stereocenters. The van der Waals surface area contributed by atoms with Gasteiger partial charge in [-0.05, 0) is 50.3 Å². The topological polar surface area (TPSA) is 23.5 Å². The third-order valence-electron chi connectivity index (χ3n) is 4.02. The van der Waals surface area contributed by atoms with Crippen molar-refractivity contribution in [1.82, 2.24) is 0 Å². The van der Waals surface area contributed by atoms with Crippen molar-refractivity contribution in [1.29, 1.82) is 0 Å². The molecule has 2 nitrogen and oxygen atoms in total. The van der Waals surface area contributed by atoms with Crippen LogP contribution in [0.3, 0.4) is 0 Å². The highest BCUT2D eigenvalue weighted by Gasteiger charge is 2.33. The van der Waals surface area contributed by atoms with Crippen molar-refractivity contribution in [2.45, 2.75) is 58.1 Å². The first-order valence-corrected chi connectivity index (χ1v) is 6.96. The van der Waals surface area contributed by atoms with E-state index >= 15 is 0 Å². The Balaban J connectivity index is 2.20. The van der Waals surface area contributed by atoms with Gasteiger partial charge in [-0.25, -0.2) is 0 Å². The van der Waals surface area contributed by atoms with Crippen molar-refractivity contribution in [3.63, 3.8) is 0 Å². The molecule has 0 bridgehead atoms. The number of hydrogen-bond acceptors (Lipinski definition) is 2. The van der Waals surface area contributed by atoms with Gasteiger partial charge >= 0.3 is 0 Å². The van der Waals surface area contributed by atoms with Crippen molar-refractivity contribution < 1.29 is 5.11 Å². The van der Waals surface area contributed by atoms with Crippen LogP contribution in [0, 0.1) is 0 Å². The maximum Gasteiger partial charge on any atom is 0.0579 e. The lowest BCUT2D eigenvalue weighted by Crippen LogP contribution is -2.51. The van der Waals surface area contributed by atoms with Gasteiger partial charge in [0.05, 0.1) is 6.10 Å². The largest absolute Gasteiger partial charge is 0.393 e. The summed E-state index contributed by atoms with van der Waals surface area (Å²) < 4.78 is 0. The van der Waals surface area contributed by atoms with Gasteiger partial charge in [-0.3, -0.25) is 0 Å². The van der Waals surface area contributed by atoms with E-state index in [0.717, 1.165) is 19.4 Å². The van der Waals surface area contributed by atoms with E-state index < -0.39 is 0 Å². The third-order valence-corrected chi connectivity index (χ3v) is 4.02. The van der Waals surface area contributed by atoms with Crippen LogP contribution in [0.1, 0.15) is 52.0 Å². The van der Waals surface area contributed by atoms with E-state index in [1.807, 2.05) is 0 Å². The molecule has 1 aliphatic rings. The molecule has 18 heavy (non-hydrogen) atoms. The lowest BCUT2D eigenvalue weighted by Gasteiger charge is -2.46. The summed E-state index contributed by atoms with van der Waals surface area (Å²) in [6.07, 6.45) is 1.57. The van der Waals surface area contributed by atoms with Gasteiger partial charge < -0.3 is 10.0 Å². The Labute approximate surface area is 111 Å². The Morgan fingerprint density at radius 1 is 1.22 bits per heavy atom. The number of anilines is 1. The van der Waals surface area contributed by atoms with E-state index in [-0.39, 0.29) is 11.6 Å². The van der Waals surface area contributed by atoms with E-state index in [2.05, 4.69) is 56.9 Å². The van der Waals surface area contributed by atoms with Gasteiger partial charge in [0.1, 0.15) is 0 Å². The Bertz CT molecular complexity index is 394. The second-order valence-corrected chi connectivity index (χ2v) is 6.36. The molecule has 100 valence electrons. The summed E-state index contributed by atoms with van der Waals surface area (Å²) in [5.74, 6) is 0.579. The van der Waals surface area contributed by atoms with Gasteiger partial charge in [0.2, 0.25) is 0 Å². The minimum atomic E-state index is -0.147. The molecule has 2 heteroatoms. The quantitative estimate of drug-likeness (QED) is 0.864. The Morgan fingerprint density at radius 2 is 1.83 bits per heavy atom. The van der Waals surface area contributed by atoms with Crippen molar-refractivity contribution in [2.75, 3.05) is 11.4 Å². The molecular weight excluding hydrogens is 222 g/mol. The van der Waals surface area contributed by atoms with Gasteiger partial charge in [0.15, 0.2) is 0 Å². The molecule has 1 aromatic rings. The highest BCUT2D eigenvalue weighted by Crippen LogP contribution is 2.33. The number of benzene rings is 1. The number of hydrogen-bond donors (Lipinski definition) is 1. The molecule has 0 aromatic heterocycles. The number of piperidine rings is 1. The predicted molar refractivity (Wildman–Crippen MR) is 77.2 cm³/mol. The molecule has 2 rings (SSSR count). The second-order valence-electron chi connectivity index (χ2n) is 6.36. The molecule has 1 aromatic carbocycles. The van der Waals surface area contributed by atoms with Crippen molar-refractivity contribution in [2.24, 2.45) is 0 Å². The summed E-state index contributed by atoms with van der Waals surface area (Å²) in [5, 5.41) is 9.80. The fourth-order valence-electron chi connectivity index (χ4n) is 2.89. The first-order chi connectivity index (χ1) is 8.40. The van der Waals surface area contributed by atoms with Crippen molar-refractivity contribution in [3.8, 4) is 0 Å². The van der Waals surface area contributed by atoms with E-state index in [9.17, 15) is 5.11 Å². The molecule has 0 aliphatic carbocycles. The normalized spacial score (nSPS) is 23.4. The van der Waals surface area contributed by atoms with Crippen LogP contribution >= 0.6 is 0 Å². The fraction of sp³-hybridized carbons (Fsp3) is 0.625. The van der Waals surface area contributed by atoms with Crippen LogP contribution in [0.15, 0.2) is 24.3 Å². The summed E-state index contributed by atoms with van der Waals surface area (Å²) in [5.41, 5.74) is 2.70. The zero-order chi connectivity index (χ0) is 13.3. The van der Waals surface area contributed by atoms with Crippen LogP contribution in [0.5, 0.6) is 0 Å². The first-order valence-electron chi connectivity index (χ1n) is 6.96. The van der Waals surface area contributed by atoms with Crippen LogP contribution in [0.2, 0.25) is 0 Å². The predicted octanol–water partition coefficient (Wildman–Crippen LogP) is 3.55. The molecule has 1 N–H and O–H groups in total. The summed E-state index contributed by atoms with van der Waals surface area (Å²) >= 11 is 0. The van der Waals surface area contributed by atoms with Gasteiger partial charge in [0.25, 0.3) is 0 Å². The number of rotatable bonds is 2. The van der Waals surface area contributed by atoms with E-state index in [4.69, 9.17) is 0 Å². The summed E-state index contributed by atoms with van der Waals surface area (Å²) in [7, 11) is 0. The van der Waals surface area contributed by atoms with E-state index in [0.29, 0.717) is 5.92 Å². The Morgan fingerprint density at radius 3 is 2.33 bits per heavy atom. The van der Waals surface area contributed by atoms with E-state index in [1.54, 1.807) is 0 Å². The highest BCUT2D eigenvalue weighted by atomic mass is 16.3. The average Bonchev–Trinajstić information content (AvgIpc) is 2.28. The van der Waals surface area contributed by atoms with Crippen LogP contribution < -0.4 is 4.90 Å². The maximum atomic E-state index is 9.80. The Hall–Kier alpha value is -1.02. The summed E-state index contributed by atoms with van der Waals surface area (Å²) in [6.45, 7) is 9.80. The van der Waals surface area contributed by atoms with Crippen LogP contribution in [-0.2, 0) is 0 Å². The number of nitrogens with zero attached hydrogens (tertiary/aromatic N) is 1. The molecule has 0 spiro atoms. The van der Waals surface area contributed by atoms with Crippen molar-refractivity contribution in [3.05, 3.63) is 29.8 Å². The van der Waals surface area contributed by atoms with Crippen molar-refractivity contribution >= 4 is 5.69 Å². The maximum absolute atomic E-state index is 9.80. The van der Waals surface area contributed by atoms with Gasteiger partial charge in [0, 0.05) is 17.8 Å². The van der Waals surface area contributed by atoms with Crippen LogP contribution in [0.4, 0.5) is 5.69 Å². The minimum Gasteiger partial charge on any atom is -0.393 e. The molecule has 0 radical (unpaired) electrons. The molecule has 1 fully saturated rings. The third kappa shape index (κ3) is 2.69. The minimum absolute atomic E-state index is 0.0387. The highest BCUT2D eigenvalue weighted by molar-refractivity contribution is 5.50. The average molecular weight is 247 g/mol. The van der Waals surface area contributed by atoms with Gasteiger partial charge in [-0.1, -0.05) is 26.0 Å². The molecule has 1 aliphatic heterocycles. The lowest BCUT2D eigenvalue weighted by atomic mass is 9.88. The zero-order valence-corrected chi connectivity index (χ0v) is 12.0. The van der Waals surface area contributed by atoms with E-state index in [1.165, 1.54) is 11.3 Å². The molecule has 1 saturated heterocycles. The first kappa shape index (κ1) is 13.4. The lowest BCUT2D eigenvalue weighted by molar-refractivity contribution is 0.107. The fourth-order valence-corrected chi connectivity index (χ4v) is 2.89. The zero-order valence-electron chi connectivity index (χ0n) is 12.0. The Kier molecular flexibility index (Phi) is 3.67. The second kappa shape index (κ2) is 4.93. The van der Waals surface area contributed by atoms with Gasteiger partial charge in [-0.15, -0.1) is 0 Å². The number of aliphatic hydroxyl groups is 1. The molecular formula is C16H25NO. The van der Waals surface area contributed by atoms with Crippen LogP contribution in [0.25, 0.3) is 0 Å². The van der Waals surface area contributed by atoms with Crippen LogP contribution in [-0.4, -0.2) is 23.3 Å². The standard InChI is InChI=1S/C16H25NO/c1-12(2)13-5-7-14(8-6-13)17-10-9-15(18)11-16(17,3)4/h5-8,12,15,18H,9-11H2,1-4H3.